The predicted octanol–water partition coefficient (Wildman–Crippen LogP) is 2.19. The molecule has 2 N–H and O–H groups in total. The molecule has 2 rings (SSSR count). The van der Waals surface area contributed by atoms with Crippen molar-refractivity contribution in [1.82, 2.24) is 5.32 Å². The molecule has 1 fully saturated rings. The van der Waals surface area contributed by atoms with Crippen molar-refractivity contribution in [1.29, 1.82) is 0 Å². The van der Waals surface area contributed by atoms with E-state index in [2.05, 4.69) is 17.6 Å². The maximum atomic E-state index is 11.9. The number of anilines is 1. The number of ether oxygens (including phenoxy) is 1. The van der Waals surface area contributed by atoms with Crippen molar-refractivity contribution in [2.24, 2.45) is 11.8 Å². The molecule has 1 aliphatic rings. The van der Waals surface area contributed by atoms with Gasteiger partial charge in [0.1, 0.15) is 5.75 Å². The Kier molecular flexibility index (Phi) is 5.20. The Labute approximate surface area is 125 Å². The average molecular weight is 290 g/mol. The van der Waals surface area contributed by atoms with Crippen LogP contribution in [0.5, 0.6) is 5.75 Å². The Bertz CT molecular complexity index is 516. The van der Waals surface area contributed by atoms with Gasteiger partial charge in [-0.25, -0.2) is 0 Å². The van der Waals surface area contributed by atoms with Crippen LogP contribution in [0.4, 0.5) is 5.69 Å². The van der Waals surface area contributed by atoms with Gasteiger partial charge in [-0.15, -0.1) is 0 Å². The van der Waals surface area contributed by atoms with Gasteiger partial charge in [0.2, 0.25) is 11.8 Å². The molecule has 1 saturated carbocycles. The molecule has 1 aromatic rings. The molecule has 0 aromatic heterocycles. The highest BCUT2D eigenvalue weighted by Crippen LogP contribution is 2.37. The van der Waals surface area contributed by atoms with Crippen molar-refractivity contribution in [3.05, 3.63) is 24.3 Å². The molecule has 0 heterocycles. The number of amides is 2. The zero-order valence-corrected chi connectivity index (χ0v) is 12.5. The molecule has 0 aliphatic heterocycles. The summed E-state index contributed by atoms with van der Waals surface area (Å²) in [6.45, 7) is 4.86. The highest BCUT2D eigenvalue weighted by atomic mass is 16.5. The van der Waals surface area contributed by atoms with E-state index in [1.165, 1.54) is 0 Å². The standard InChI is InChI=1S/C16H22N2O3/c1-3-21-14-7-5-4-6-13(14)18-15(19)8-9-17-16(20)12-10-11(12)2/h4-7,11-12H,3,8-10H2,1-2H3,(H,17,20)(H,18,19). The average Bonchev–Trinajstić information content (AvgIpc) is 3.18. The first-order valence-corrected chi connectivity index (χ1v) is 7.41. The van der Waals surface area contributed by atoms with Crippen LogP contribution >= 0.6 is 0 Å². The van der Waals surface area contributed by atoms with E-state index < -0.39 is 0 Å². The fourth-order valence-corrected chi connectivity index (χ4v) is 2.18. The number of hydrogen-bond donors (Lipinski definition) is 2. The largest absolute Gasteiger partial charge is 0.492 e. The van der Waals surface area contributed by atoms with Crippen LogP contribution in [0.2, 0.25) is 0 Å². The van der Waals surface area contributed by atoms with Crippen molar-refractivity contribution in [3.8, 4) is 5.75 Å². The SMILES string of the molecule is CCOc1ccccc1NC(=O)CCNC(=O)C1CC1C. The van der Waals surface area contributed by atoms with Gasteiger partial charge in [-0.3, -0.25) is 9.59 Å². The van der Waals surface area contributed by atoms with Crippen LogP contribution < -0.4 is 15.4 Å². The third kappa shape index (κ3) is 4.48. The number of benzene rings is 1. The van der Waals surface area contributed by atoms with Crippen molar-refractivity contribution in [2.45, 2.75) is 26.7 Å². The Morgan fingerprint density at radius 2 is 2.05 bits per heavy atom. The Hall–Kier alpha value is -2.04. The zero-order chi connectivity index (χ0) is 15.2. The molecular formula is C16H22N2O3. The van der Waals surface area contributed by atoms with E-state index in [1.807, 2.05) is 25.1 Å². The summed E-state index contributed by atoms with van der Waals surface area (Å²) in [5.74, 6) is 1.21. The number of hydrogen-bond acceptors (Lipinski definition) is 3. The second-order valence-corrected chi connectivity index (χ2v) is 5.34. The Morgan fingerprint density at radius 3 is 2.71 bits per heavy atom. The van der Waals surface area contributed by atoms with E-state index >= 15 is 0 Å². The van der Waals surface area contributed by atoms with E-state index in [4.69, 9.17) is 4.74 Å². The van der Waals surface area contributed by atoms with Gasteiger partial charge < -0.3 is 15.4 Å². The summed E-state index contributed by atoms with van der Waals surface area (Å²) in [6, 6.07) is 7.31. The third-order valence-corrected chi connectivity index (χ3v) is 3.56. The smallest absolute Gasteiger partial charge is 0.226 e. The first-order valence-electron chi connectivity index (χ1n) is 7.41. The van der Waals surface area contributed by atoms with Crippen LogP contribution in [0.15, 0.2) is 24.3 Å². The number of para-hydroxylation sites is 2. The Balaban J connectivity index is 1.75. The minimum absolute atomic E-state index is 0.0602. The third-order valence-electron chi connectivity index (χ3n) is 3.56. The lowest BCUT2D eigenvalue weighted by Gasteiger charge is -2.11. The van der Waals surface area contributed by atoms with Crippen LogP contribution in [0.1, 0.15) is 26.7 Å². The molecule has 0 saturated heterocycles. The molecule has 0 radical (unpaired) electrons. The number of nitrogens with one attached hydrogen (secondary N) is 2. The number of carbonyl (C=O) groups is 2. The summed E-state index contributed by atoms with van der Waals surface area (Å²) in [5.41, 5.74) is 0.659. The van der Waals surface area contributed by atoms with Crippen LogP contribution in [0, 0.1) is 11.8 Å². The highest BCUT2D eigenvalue weighted by Gasteiger charge is 2.38. The lowest BCUT2D eigenvalue weighted by molar-refractivity contribution is -0.122. The summed E-state index contributed by atoms with van der Waals surface area (Å²) in [6.07, 6.45) is 1.22. The normalized spacial score (nSPS) is 19.7. The van der Waals surface area contributed by atoms with E-state index in [-0.39, 0.29) is 24.2 Å². The van der Waals surface area contributed by atoms with E-state index in [9.17, 15) is 9.59 Å². The van der Waals surface area contributed by atoms with Crippen LogP contribution in [0.3, 0.4) is 0 Å². The highest BCUT2D eigenvalue weighted by molar-refractivity contribution is 5.92. The molecule has 21 heavy (non-hydrogen) atoms. The van der Waals surface area contributed by atoms with Crippen molar-refractivity contribution >= 4 is 17.5 Å². The second kappa shape index (κ2) is 7.11. The van der Waals surface area contributed by atoms with Crippen LogP contribution in [-0.4, -0.2) is 25.0 Å². The Morgan fingerprint density at radius 1 is 1.33 bits per heavy atom. The van der Waals surface area contributed by atoms with Crippen molar-refractivity contribution < 1.29 is 14.3 Å². The van der Waals surface area contributed by atoms with Crippen LogP contribution in [0.25, 0.3) is 0 Å². The van der Waals surface area contributed by atoms with Gasteiger partial charge in [-0.1, -0.05) is 19.1 Å². The quantitative estimate of drug-likeness (QED) is 0.809. The minimum atomic E-state index is -0.133. The van der Waals surface area contributed by atoms with Gasteiger partial charge in [0, 0.05) is 18.9 Å². The van der Waals surface area contributed by atoms with Gasteiger partial charge >= 0.3 is 0 Å². The molecule has 2 amide bonds. The first kappa shape index (κ1) is 15.4. The molecule has 2 atom stereocenters. The van der Waals surface area contributed by atoms with E-state index in [1.54, 1.807) is 6.07 Å². The zero-order valence-electron chi connectivity index (χ0n) is 12.5. The lowest BCUT2D eigenvalue weighted by Crippen LogP contribution is -2.29. The molecule has 0 bridgehead atoms. The first-order chi connectivity index (χ1) is 10.1. The number of rotatable bonds is 7. The van der Waals surface area contributed by atoms with Gasteiger partial charge in [-0.2, -0.15) is 0 Å². The van der Waals surface area contributed by atoms with Crippen molar-refractivity contribution in [2.75, 3.05) is 18.5 Å². The molecular weight excluding hydrogens is 268 g/mol. The molecule has 5 heteroatoms. The van der Waals surface area contributed by atoms with Crippen molar-refractivity contribution in [3.63, 3.8) is 0 Å². The molecule has 1 aromatic carbocycles. The topological polar surface area (TPSA) is 67.4 Å². The van der Waals surface area contributed by atoms with Gasteiger partial charge in [0.15, 0.2) is 0 Å². The van der Waals surface area contributed by atoms with E-state index in [0.717, 1.165) is 6.42 Å². The summed E-state index contributed by atoms with van der Waals surface area (Å²) in [5, 5.41) is 5.61. The fraction of sp³-hybridized carbons (Fsp3) is 0.500. The van der Waals surface area contributed by atoms with Gasteiger partial charge in [0.25, 0.3) is 0 Å². The number of carbonyl (C=O) groups excluding carboxylic acids is 2. The summed E-state index contributed by atoms with van der Waals surface area (Å²) in [4.78, 5) is 23.5. The predicted molar refractivity (Wildman–Crippen MR) is 81.1 cm³/mol. The molecule has 2 unspecified atom stereocenters. The fourth-order valence-electron chi connectivity index (χ4n) is 2.18. The second-order valence-electron chi connectivity index (χ2n) is 5.34. The maximum Gasteiger partial charge on any atom is 0.226 e. The monoisotopic (exact) mass is 290 g/mol. The van der Waals surface area contributed by atoms with Gasteiger partial charge in [-0.05, 0) is 31.4 Å². The lowest BCUT2D eigenvalue weighted by atomic mass is 10.2. The van der Waals surface area contributed by atoms with E-state index in [0.29, 0.717) is 30.5 Å². The molecule has 5 nitrogen and oxygen atoms in total. The molecule has 0 spiro atoms. The van der Waals surface area contributed by atoms with Gasteiger partial charge in [0.05, 0.1) is 12.3 Å². The van der Waals surface area contributed by atoms with Crippen LogP contribution in [-0.2, 0) is 9.59 Å². The summed E-state index contributed by atoms with van der Waals surface area (Å²) < 4.78 is 5.45. The maximum absolute atomic E-state index is 11.9. The summed E-state index contributed by atoms with van der Waals surface area (Å²) in [7, 11) is 0. The molecule has 114 valence electrons. The minimum Gasteiger partial charge on any atom is -0.492 e. The summed E-state index contributed by atoms with van der Waals surface area (Å²) >= 11 is 0. The molecule has 1 aliphatic carbocycles.